The molecule has 2 aromatic carbocycles. The first-order chi connectivity index (χ1) is 22.6. The number of rotatable bonds is 16. The second-order valence-corrected chi connectivity index (χ2v) is 12.6. The smallest absolute Gasteiger partial charge is 0.350 e. The topological polar surface area (TPSA) is 124 Å². The van der Waals surface area contributed by atoms with Crippen molar-refractivity contribution in [1.82, 2.24) is 4.98 Å². The highest BCUT2D eigenvalue weighted by molar-refractivity contribution is 7.17. The number of Topliss-reactive ketones (excluding diaryl/α,β-unsaturated/α-hetero) is 1. The number of ether oxygens (including phenoxy) is 4. The minimum atomic E-state index is -1.08. The van der Waals surface area contributed by atoms with Crippen molar-refractivity contribution in [3.63, 3.8) is 0 Å². The quantitative estimate of drug-likeness (QED) is 0.0541. The summed E-state index contributed by atoms with van der Waals surface area (Å²) in [6.45, 7) is 13.2. The van der Waals surface area contributed by atoms with E-state index in [1.54, 1.807) is 49.4 Å². The van der Waals surface area contributed by atoms with Gasteiger partial charge in [-0.15, -0.1) is 0 Å². The molecule has 0 spiro atoms. The number of hydrogen-bond donors (Lipinski definition) is 1. The molecule has 11 heteroatoms. The molecule has 1 saturated heterocycles. The molecule has 3 aromatic rings. The molecule has 47 heavy (non-hydrogen) atoms. The Bertz CT molecular complexity index is 1590. The second kappa shape index (κ2) is 16.4. The number of aliphatic hydroxyl groups is 1. The number of aryl methyl sites for hydroxylation is 1. The van der Waals surface area contributed by atoms with Crippen LogP contribution >= 0.6 is 11.3 Å². The minimum Gasteiger partial charge on any atom is -0.507 e. The fourth-order valence-corrected chi connectivity index (χ4v) is 5.92. The summed E-state index contributed by atoms with van der Waals surface area (Å²) in [5.41, 5.74) is 1.09. The average molecular weight is 665 g/mol. The first kappa shape index (κ1) is 35.5. The predicted octanol–water partition coefficient (Wildman–Crippen LogP) is 7.65. The van der Waals surface area contributed by atoms with E-state index in [1.165, 1.54) is 4.90 Å². The molecular weight excluding hydrogens is 620 g/mol. The first-order valence-electron chi connectivity index (χ1n) is 16.2. The van der Waals surface area contributed by atoms with E-state index in [1.807, 2.05) is 20.8 Å². The molecule has 2 heterocycles. The van der Waals surface area contributed by atoms with Crippen molar-refractivity contribution in [3.05, 3.63) is 69.7 Å². The Balaban J connectivity index is 1.83. The number of hydrogen-bond acceptors (Lipinski definition) is 10. The molecule has 0 radical (unpaired) electrons. The Kier molecular flexibility index (Phi) is 12.4. The lowest BCUT2D eigenvalue weighted by atomic mass is 9.95. The van der Waals surface area contributed by atoms with Gasteiger partial charge in [0.25, 0.3) is 5.78 Å². The van der Waals surface area contributed by atoms with Crippen LogP contribution in [0.2, 0.25) is 0 Å². The number of aromatic nitrogens is 1. The monoisotopic (exact) mass is 664 g/mol. The van der Waals surface area contributed by atoms with E-state index in [9.17, 15) is 19.5 Å². The molecular formula is C36H44N2O8S. The first-order valence-corrected chi connectivity index (χ1v) is 17.0. The van der Waals surface area contributed by atoms with Gasteiger partial charge in [0.1, 0.15) is 16.4 Å². The van der Waals surface area contributed by atoms with E-state index in [4.69, 9.17) is 18.9 Å². The summed E-state index contributed by atoms with van der Waals surface area (Å²) >= 11 is 0.963. The fourth-order valence-electron chi connectivity index (χ4n) is 4.94. The van der Waals surface area contributed by atoms with Crippen molar-refractivity contribution in [2.24, 2.45) is 5.92 Å². The molecule has 0 saturated carbocycles. The molecule has 1 aliphatic rings. The summed E-state index contributed by atoms with van der Waals surface area (Å²) in [4.78, 5) is 46.5. The van der Waals surface area contributed by atoms with Gasteiger partial charge >= 0.3 is 11.9 Å². The van der Waals surface area contributed by atoms with E-state index < -0.39 is 23.7 Å². The van der Waals surface area contributed by atoms with Crippen LogP contribution in [0.1, 0.15) is 92.8 Å². The largest absolute Gasteiger partial charge is 0.507 e. The number of esters is 1. The van der Waals surface area contributed by atoms with Gasteiger partial charge in [0.05, 0.1) is 43.7 Å². The number of thiazole rings is 1. The van der Waals surface area contributed by atoms with Gasteiger partial charge in [-0.3, -0.25) is 14.5 Å². The highest BCUT2D eigenvalue weighted by Crippen LogP contribution is 2.45. The summed E-state index contributed by atoms with van der Waals surface area (Å²) in [7, 11) is 0. The molecule has 1 fully saturated rings. The lowest BCUT2D eigenvalue weighted by molar-refractivity contribution is -0.132. The third kappa shape index (κ3) is 8.32. The third-order valence-corrected chi connectivity index (χ3v) is 8.54. The Morgan fingerprint density at radius 3 is 2.28 bits per heavy atom. The summed E-state index contributed by atoms with van der Waals surface area (Å²) in [5, 5.41) is 11.8. The van der Waals surface area contributed by atoms with Crippen LogP contribution in [-0.2, 0) is 14.3 Å². The zero-order chi connectivity index (χ0) is 34.1. The molecule has 4 rings (SSSR count). The van der Waals surface area contributed by atoms with Gasteiger partial charge in [0, 0.05) is 5.56 Å². The zero-order valence-electron chi connectivity index (χ0n) is 28.0. The van der Waals surface area contributed by atoms with Crippen LogP contribution < -0.4 is 19.1 Å². The van der Waals surface area contributed by atoms with Gasteiger partial charge in [0.2, 0.25) is 0 Å². The number of unbranched alkanes of at least 4 members (excludes halogenated alkanes) is 2. The van der Waals surface area contributed by atoms with E-state index in [0.717, 1.165) is 37.0 Å². The summed E-state index contributed by atoms with van der Waals surface area (Å²) in [6, 6.07) is 10.8. The maximum absolute atomic E-state index is 13.8. The number of benzene rings is 2. The SMILES string of the molecule is CCCCOc1ccc(C(O)=C2C(=O)C(=O)N(c3nc(C)c(C(=O)OCC(C)C)s3)C2c2ccc(OCCCC)c(OCC)c2)cc1. The van der Waals surface area contributed by atoms with Gasteiger partial charge in [0.15, 0.2) is 16.6 Å². The summed E-state index contributed by atoms with van der Waals surface area (Å²) in [5.74, 6) is -0.934. The molecule has 1 amide bonds. The lowest BCUT2D eigenvalue weighted by Gasteiger charge is -2.24. The number of aliphatic hydroxyl groups excluding tert-OH is 1. The predicted molar refractivity (Wildman–Crippen MR) is 182 cm³/mol. The van der Waals surface area contributed by atoms with Crippen LogP contribution in [0.15, 0.2) is 48.0 Å². The lowest BCUT2D eigenvalue weighted by Crippen LogP contribution is -2.29. The number of carbonyl (C=O) groups is 3. The number of nitrogens with zero attached hydrogens (tertiary/aromatic N) is 2. The third-order valence-electron chi connectivity index (χ3n) is 7.40. The van der Waals surface area contributed by atoms with Gasteiger partial charge < -0.3 is 24.1 Å². The number of anilines is 1. The minimum absolute atomic E-state index is 0.117. The van der Waals surface area contributed by atoms with Gasteiger partial charge in [-0.1, -0.05) is 57.9 Å². The van der Waals surface area contributed by atoms with E-state index in [2.05, 4.69) is 18.8 Å². The molecule has 1 unspecified atom stereocenters. The van der Waals surface area contributed by atoms with Crippen molar-refractivity contribution in [1.29, 1.82) is 0 Å². The molecule has 252 valence electrons. The van der Waals surface area contributed by atoms with Gasteiger partial charge in [-0.05, 0) is 74.6 Å². The highest BCUT2D eigenvalue weighted by Gasteiger charge is 2.48. The van der Waals surface area contributed by atoms with Crippen LogP contribution in [0.5, 0.6) is 17.2 Å². The normalized spacial score (nSPS) is 15.7. The Labute approximate surface area is 280 Å². The zero-order valence-corrected chi connectivity index (χ0v) is 28.8. The van der Waals surface area contributed by atoms with Crippen LogP contribution in [0.25, 0.3) is 5.76 Å². The maximum Gasteiger partial charge on any atom is 0.350 e. The Morgan fingerprint density at radius 1 is 0.957 bits per heavy atom. The number of amides is 1. The van der Waals surface area contributed by atoms with Crippen LogP contribution in [0.4, 0.5) is 5.13 Å². The molecule has 1 atom stereocenters. The van der Waals surface area contributed by atoms with Crippen molar-refractivity contribution >= 4 is 39.9 Å². The van der Waals surface area contributed by atoms with Crippen LogP contribution in [0, 0.1) is 12.8 Å². The van der Waals surface area contributed by atoms with E-state index >= 15 is 0 Å². The standard InChI is InChI=1S/C36H44N2O8S/c1-7-10-18-44-26-15-12-24(13-16-26)31(39)29-30(25-14-17-27(45-19-11-8-2)28(20-25)43-9-3)38(34(41)32(29)40)36-37-23(6)33(47-36)35(42)46-21-22(4)5/h12-17,20,22,30,39H,7-11,18-19,21H2,1-6H3. The average Bonchev–Trinajstić information content (AvgIpc) is 3.56. The maximum atomic E-state index is 13.8. The molecule has 1 aliphatic heterocycles. The van der Waals surface area contributed by atoms with Gasteiger partial charge in [-0.25, -0.2) is 9.78 Å². The number of carbonyl (C=O) groups excluding carboxylic acids is 3. The molecule has 0 aliphatic carbocycles. The molecule has 0 bridgehead atoms. The van der Waals surface area contributed by atoms with Gasteiger partial charge in [-0.2, -0.15) is 0 Å². The summed E-state index contributed by atoms with van der Waals surface area (Å²) in [6.07, 6.45) is 3.73. The Hall–Kier alpha value is -4.38. The van der Waals surface area contributed by atoms with Crippen molar-refractivity contribution in [2.75, 3.05) is 31.3 Å². The van der Waals surface area contributed by atoms with Crippen molar-refractivity contribution in [2.45, 2.75) is 73.3 Å². The van der Waals surface area contributed by atoms with E-state index in [0.29, 0.717) is 53.9 Å². The molecule has 1 aromatic heterocycles. The second-order valence-electron chi connectivity index (χ2n) is 11.6. The van der Waals surface area contributed by atoms with Crippen LogP contribution in [0.3, 0.4) is 0 Å². The van der Waals surface area contributed by atoms with Crippen LogP contribution in [-0.4, -0.2) is 54.2 Å². The number of ketones is 1. The van der Waals surface area contributed by atoms with Crippen molar-refractivity contribution in [3.8, 4) is 17.2 Å². The highest BCUT2D eigenvalue weighted by atomic mass is 32.1. The Morgan fingerprint density at radius 2 is 1.64 bits per heavy atom. The fraction of sp³-hybridized carbons (Fsp3) is 0.444. The van der Waals surface area contributed by atoms with Crippen molar-refractivity contribution < 1.29 is 38.4 Å². The molecule has 1 N–H and O–H groups in total. The van der Waals surface area contributed by atoms with E-state index in [-0.39, 0.29) is 33.9 Å². The molecule has 10 nitrogen and oxygen atoms in total. The summed E-state index contributed by atoms with van der Waals surface area (Å²) < 4.78 is 23.1.